The normalized spacial score (nSPS) is 32.1. The van der Waals surface area contributed by atoms with Crippen LogP contribution >= 0.6 is 0 Å². The van der Waals surface area contributed by atoms with Crippen LogP contribution < -0.4 is 5.32 Å². The minimum Gasteiger partial charge on any atom is -0.368 e. The van der Waals surface area contributed by atoms with Crippen molar-refractivity contribution in [2.75, 3.05) is 26.7 Å². The number of rotatable bonds is 2. The van der Waals surface area contributed by atoms with Crippen LogP contribution in [0, 0.1) is 0 Å². The summed E-state index contributed by atoms with van der Waals surface area (Å²) in [5.74, 6) is 0.163. The molecule has 14 heavy (non-hydrogen) atoms. The molecule has 0 radical (unpaired) electrons. The summed E-state index contributed by atoms with van der Waals surface area (Å²) in [6.07, 6.45) is 2.81. The third kappa shape index (κ3) is 1.91. The quantitative estimate of drug-likeness (QED) is 0.678. The fraction of sp³-hybridized carbons (Fsp3) is 0.900. The second-order valence-corrected chi connectivity index (χ2v) is 4.10. The molecule has 4 heteroatoms. The van der Waals surface area contributed by atoms with Gasteiger partial charge in [0.15, 0.2) is 0 Å². The number of nitrogens with one attached hydrogen (secondary N) is 1. The molecule has 0 aromatic rings. The molecule has 2 aliphatic rings. The maximum atomic E-state index is 11.9. The molecule has 4 nitrogen and oxygen atoms in total. The summed E-state index contributed by atoms with van der Waals surface area (Å²) in [5, 5.41) is 3.26. The second-order valence-electron chi connectivity index (χ2n) is 4.10. The molecule has 0 bridgehead atoms. The second kappa shape index (κ2) is 4.28. The van der Waals surface area contributed by atoms with E-state index >= 15 is 0 Å². The highest BCUT2D eigenvalue weighted by atomic mass is 16.5. The number of carbonyl (C=O) groups excluding carboxylic acids is 1. The highest BCUT2D eigenvalue weighted by molar-refractivity contribution is 5.81. The molecule has 0 aromatic heterocycles. The average Bonchev–Trinajstić information content (AvgIpc) is 2.87. The first-order chi connectivity index (χ1) is 6.79. The molecule has 2 saturated heterocycles. The smallest absolute Gasteiger partial charge is 0.251 e. The van der Waals surface area contributed by atoms with Crippen molar-refractivity contribution in [2.45, 2.75) is 31.4 Å². The predicted octanol–water partition coefficient (Wildman–Crippen LogP) is -0.0143. The molecule has 1 unspecified atom stereocenters. The Morgan fingerprint density at radius 2 is 2.36 bits per heavy atom. The van der Waals surface area contributed by atoms with E-state index in [1.807, 2.05) is 11.9 Å². The van der Waals surface area contributed by atoms with Crippen molar-refractivity contribution in [3.8, 4) is 0 Å². The maximum Gasteiger partial charge on any atom is 0.251 e. The average molecular weight is 198 g/mol. The molecular formula is C10H18N2O2. The van der Waals surface area contributed by atoms with E-state index in [1.165, 1.54) is 0 Å². The van der Waals surface area contributed by atoms with E-state index < -0.39 is 0 Å². The van der Waals surface area contributed by atoms with E-state index in [0.29, 0.717) is 6.04 Å². The van der Waals surface area contributed by atoms with Crippen molar-refractivity contribution in [1.29, 1.82) is 0 Å². The minimum absolute atomic E-state index is 0.163. The van der Waals surface area contributed by atoms with Gasteiger partial charge in [0.05, 0.1) is 0 Å². The van der Waals surface area contributed by atoms with Crippen LogP contribution in [0.15, 0.2) is 0 Å². The Bertz CT molecular complexity index is 208. The number of amides is 1. The number of carbonyl (C=O) groups is 1. The zero-order valence-electron chi connectivity index (χ0n) is 8.66. The van der Waals surface area contributed by atoms with E-state index in [9.17, 15) is 4.79 Å². The van der Waals surface area contributed by atoms with Crippen LogP contribution in [0.4, 0.5) is 0 Å². The number of ether oxygens (including phenoxy) is 1. The Morgan fingerprint density at radius 1 is 1.50 bits per heavy atom. The standard InChI is InChI=1S/C10H18N2O2/c1-12(8-4-5-11-7-8)10(13)9-3-2-6-14-9/h8-9,11H,2-7H2,1H3/t8?,9-/m0/s1. The molecule has 0 spiro atoms. The highest BCUT2D eigenvalue weighted by Gasteiger charge is 2.30. The predicted molar refractivity (Wildman–Crippen MR) is 53.0 cm³/mol. The third-order valence-electron chi connectivity index (χ3n) is 3.13. The lowest BCUT2D eigenvalue weighted by Crippen LogP contribution is -2.43. The molecule has 2 aliphatic heterocycles. The molecule has 2 atom stereocenters. The number of hydrogen-bond donors (Lipinski definition) is 1. The SMILES string of the molecule is CN(C(=O)[C@@H]1CCCO1)C1CCNC1. The number of likely N-dealkylation sites (N-methyl/N-ethyl adjacent to an activating group) is 1. The van der Waals surface area contributed by atoms with Gasteiger partial charge in [-0.05, 0) is 25.8 Å². The summed E-state index contributed by atoms with van der Waals surface area (Å²) < 4.78 is 5.38. The van der Waals surface area contributed by atoms with Crippen LogP contribution in [0.5, 0.6) is 0 Å². The van der Waals surface area contributed by atoms with Gasteiger partial charge in [0.2, 0.25) is 0 Å². The molecule has 1 N–H and O–H groups in total. The van der Waals surface area contributed by atoms with Gasteiger partial charge in [-0.25, -0.2) is 0 Å². The zero-order chi connectivity index (χ0) is 9.97. The lowest BCUT2D eigenvalue weighted by molar-refractivity contribution is -0.141. The first-order valence-corrected chi connectivity index (χ1v) is 5.38. The van der Waals surface area contributed by atoms with Crippen molar-refractivity contribution in [3.05, 3.63) is 0 Å². The molecule has 2 fully saturated rings. The van der Waals surface area contributed by atoms with Gasteiger partial charge in [-0.3, -0.25) is 4.79 Å². The fourth-order valence-corrected chi connectivity index (χ4v) is 2.15. The molecule has 2 rings (SSSR count). The van der Waals surface area contributed by atoms with E-state index in [2.05, 4.69) is 5.32 Å². The van der Waals surface area contributed by atoms with Crippen LogP contribution in [-0.4, -0.2) is 49.7 Å². The van der Waals surface area contributed by atoms with Crippen LogP contribution in [-0.2, 0) is 9.53 Å². The number of nitrogens with zero attached hydrogens (tertiary/aromatic N) is 1. The van der Waals surface area contributed by atoms with Crippen LogP contribution in [0.1, 0.15) is 19.3 Å². The van der Waals surface area contributed by atoms with Crippen molar-refractivity contribution < 1.29 is 9.53 Å². The van der Waals surface area contributed by atoms with Crippen molar-refractivity contribution in [1.82, 2.24) is 10.2 Å². The van der Waals surface area contributed by atoms with Gasteiger partial charge in [0.1, 0.15) is 6.10 Å². The summed E-state index contributed by atoms with van der Waals surface area (Å²) in [5.41, 5.74) is 0. The van der Waals surface area contributed by atoms with E-state index in [0.717, 1.165) is 39.0 Å². The Balaban J connectivity index is 1.89. The monoisotopic (exact) mass is 198 g/mol. The highest BCUT2D eigenvalue weighted by Crippen LogP contribution is 2.16. The minimum atomic E-state index is -0.166. The van der Waals surface area contributed by atoms with E-state index in [4.69, 9.17) is 4.74 Å². The largest absolute Gasteiger partial charge is 0.368 e. The summed E-state index contributed by atoms with van der Waals surface area (Å²) in [6, 6.07) is 0.367. The van der Waals surface area contributed by atoms with Gasteiger partial charge in [0.25, 0.3) is 5.91 Å². The van der Waals surface area contributed by atoms with Gasteiger partial charge in [0, 0.05) is 26.2 Å². The van der Waals surface area contributed by atoms with Crippen molar-refractivity contribution in [2.24, 2.45) is 0 Å². The Hall–Kier alpha value is -0.610. The molecule has 2 heterocycles. The van der Waals surface area contributed by atoms with Gasteiger partial charge in [-0.1, -0.05) is 0 Å². The van der Waals surface area contributed by atoms with Crippen LogP contribution in [0.3, 0.4) is 0 Å². The molecule has 0 aliphatic carbocycles. The van der Waals surface area contributed by atoms with Gasteiger partial charge in [-0.2, -0.15) is 0 Å². The summed E-state index contributed by atoms with van der Waals surface area (Å²) >= 11 is 0. The topological polar surface area (TPSA) is 41.6 Å². The molecule has 1 amide bonds. The zero-order valence-corrected chi connectivity index (χ0v) is 8.66. The van der Waals surface area contributed by atoms with Gasteiger partial charge < -0.3 is 15.0 Å². The van der Waals surface area contributed by atoms with Crippen molar-refractivity contribution >= 4 is 5.91 Å². The molecule has 0 saturated carbocycles. The van der Waals surface area contributed by atoms with Crippen molar-refractivity contribution in [3.63, 3.8) is 0 Å². The lowest BCUT2D eigenvalue weighted by atomic mass is 10.1. The molecular weight excluding hydrogens is 180 g/mol. The Labute approximate surface area is 84.6 Å². The van der Waals surface area contributed by atoms with E-state index in [-0.39, 0.29) is 12.0 Å². The Kier molecular flexibility index (Phi) is 3.03. The maximum absolute atomic E-state index is 11.9. The first-order valence-electron chi connectivity index (χ1n) is 5.38. The fourth-order valence-electron chi connectivity index (χ4n) is 2.15. The third-order valence-corrected chi connectivity index (χ3v) is 3.13. The lowest BCUT2D eigenvalue weighted by Gasteiger charge is -2.26. The summed E-state index contributed by atoms with van der Waals surface area (Å²) in [7, 11) is 1.89. The van der Waals surface area contributed by atoms with Crippen LogP contribution in [0.2, 0.25) is 0 Å². The van der Waals surface area contributed by atoms with Crippen LogP contribution in [0.25, 0.3) is 0 Å². The van der Waals surface area contributed by atoms with Gasteiger partial charge in [-0.15, -0.1) is 0 Å². The number of hydrogen-bond acceptors (Lipinski definition) is 3. The van der Waals surface area contributed by atoms with E-state index in [1.54, 1.807) is 0 Å². The summed E-state index contributed by atoms with van der Waals surface area (Å²) in [6.45, 7) is 2.69. The summed E-state index contributed by atoms with van der Waals surface area (Å²) in [4.78, 5) is 13.8. The van der Waals surface area contributed by atoms with Gasteiger partial charge >= 0.3 is 0 Å². The molecule has 80 valence electrons. The Morgan fingerprint density at radius 3 is 2.93 bits per heavy atom. The molecule has 0 aromatic carbocycles. The first kappa shape index (κ1) is 9.93.